The summed E-state index contributed by atoms with van der Waals surface area (Å²) in [5.41, 5.74) is 3.75. The Labute approximate surface area is 135 Å². The number of halogens is 1. The summed E-state index contributed by atoms with van der Waals surface area (Å²) in [5.74, 6) is 0.933. The molecule has 2 rings (SSSR count). The second kappa shape index (κ2) is 7.62. The molecule has 0 aliphatic heterocycles. The highest BCUT2D eigenvalue weighted by atomic mass is 79.9. The fraction of sp³-hybridized carbons (Fsp3) is 0.333. The van der Waals surface area contributed by atoms with Gasteiger partial charge in [0.15, 0.2) is 0 Å². The lowest BCUT2D eigenvalue weighted by Crippen LogP contribution is -2.17. The molecular weight excluding hydrogens is 326 g/mol. The van der Waals surface area contributed by atoms with E-state index in [0.29, 0.717) is 0 Å². The van der Waals surface area contributed by atoms with Gasteiger partial charge in [0.05, 0.1) is 12.6 Å². The maximum Gasteiger partial charge on any atom is 0.119 e. The summed E-state index contributed by atoms with van der Waals surface area (Å²) < 4.78 is 6.78. The molecule has 0 spiro atoms. The topological polar surface area (TPSA) is 21.3 Å². The van der Waals surface area contributed by atoms with Crippen LogP contribution in [0.4, 0.5) is 0 Å². The van der Waals surface area contributed by atoms with Crippen molar-refractivity contribution in [3.05, 3.63) is 63.6 Å². The third-order valence-electron chi connectivity index (χ3n) is 3.49. The van der Waals surface area contributed by atoms with Crippen LogP contribution in [0.3, 0.4) is 0 Å². The number of ether oxygens (including phenoxy) is 1. The highest BCUT2D eigenvalue weighted by Gasteiger charge is 2.12. The molecule has 2 aromatic carbocycles. The Morgan fingerprint density at radius 2 is 1.76 bits per heavy atom. The van der Waals surface area contributed by atoms with Crippen molar-refractivity contribution in [3.63, 3.8) is 0 Å². The van der Waals surface area contributed by atoms with Crippen molar-refractivity contribution in [2.75, 3.05) is 13.7 Å². The molecule has 3 heteroatoms. The molecule has 0 radical (unpaired) electrons. The third kappa shape index (κ3) is 4.08. The minimum Gasteiger partial charge on any atom is -0.494 e. The average Bonchev–Trinajstić information content (AvgIpc) is 2.50. The Morgan fingerprint density at radius 1 is 1.10 bits per heavy atom. The Morgan fingerprint density at radius 3 is 2.33 bits per heavy atom. The number of benzene rings is 2. The lowest BCUT2D eigenvalue weighted by molar-refractivity contribution is 0.317. The molecule has 112 valence electrons. The maximum atomic E-state index is 5.64. The van der Waals surface area contributed by atoms with Gasteiger partial charge in [0.2, 0.25) is 0 Å². The molecule has 1 unspecified atom stereocenters. The number of hydrogen-bond donors (Lipinski definition) is 1. The maximum absolute atomic E-state index is 5.64. The van der Waals surface area contributed by atoms with Gasteiger partial charge in [0.1, 0.15) is 5.75 Å². The second-order valence-electron chi connectivity index (χ2n) is 5.15. The predicted octanol–water partition coefficient (Wildman–Crippen LogP) is 4.86. The van der Waals surface area contributed by atoms with Gasteiger partial charge in [-0.25, -0.2) is 0 Å². The van der Waals surface area contributed by atoms with Crippen molar-refractivity contribution in [2.24, 2.45) is 0 Å². The molecular formula is C18H22BrNO. The predicted molar refractivity (Wildman–Crippen MR) is 92.0 cm³/mol. The molecule has 2 aromatic rings. The summed E-state index contributed by atoms with van der Waals surface area (Å²) >= 11 is 3.55. The van der Waals surface area contributed by atoms with Gasteiger partial charge in [-0.05, 0) is 55.3 Å². The number of hydrogen-bond acceptors (Lipinski definition) is 2. The average molecular weight is 348 g/mol. The largest absolute Gasteiger partial charge is 0.494 e. The molecule has 0 aliphatic carbocycles. The smallest absolute Gasteiger partial charge is 0.119 e. The van der Waals surface area contributed by atoms with Gasteiger partial charge in [-0.15, -0.1) is 0 Å². The standard InChI is InChI=1S/C18H22BrNO/c1-4-11-21-16-8-5-14(6-9-16)18(20-3)15-7-10-17(19)13(2)12-15/h5-10,12,18,20H,4,11H2,1-3H3. The molecule has 2 nitrogen and oxygen atoms in total. The van der Waals surface area contributed by atoms with E-state index >= 15 is 0 Å². The first-order chi connectivity index (χ1) is 10.2. The first kappa shape index (κ1) is 16.1. The monoisotopic (exact) mass is 347 g/mol. The van der Waals surface area contributed by atoms with E-state index in [4.69, 9.17) is 4.74 Å². The van der Waals surface area contributed by atoms with Gasteiger partial charge in [-0.3, -0.25) is 0 Å². The van der Waals surface area contributed by atoms with Crippen LogP contribution in [0.2, 0.25) is 0 Å². The molecule has 0 aromatic heterocycles. The van der Waals surface area contributed by atoms with Crippen molar-refractivity contribution in [1.82, 2.24) is 5.32 Å². The van der Waals surface area contributed by atoms with Crippen molar-refractivity contribution in [3.8, 4) is 5.75 Å². The first-order valence-electron chi connectivity index (χ1n) is 7.31. The fourth-order valence-electron chi connectivity index (χ4n) is 2.35. The summed E-state index contributed by atoms with van der Waals surface area (Å²) in [7, 11) is 1.99. The van der Waals surface area contributed by atoms with Gasteiger partial charge >= 0.3 is 0 Å². The molecule has 0 saturated heterocycles. The molecule has 0 amide bonds. The van der Waals surface area contributed by atoms with Gasteiger partial charge < -0.3 is 10.1 Å². The highest BCUT2D eigenvalue weighted by molar-refractivity contribution is 9.10. The quantitative estimate of drug-likeness (QED) is 0.805. The van der Waals surface area contributed by atoms with Crippen LogP contribution in [-0.2, 0) is 0 Å². The zero-order chi connectivity index (χ0) is 15.2. The summed E-state index contributed by atoms with van der Waals surface area (Å²) in [5, 5.41) is 3.39. The van der Waals surface area contributed by atoms with Crippen LogP contribution < -0.4 is 10.1 Å². The molecule has 0 saturated carbocycles. The third-order valence-corrected chi connectivity index (χ3v) is 4.38. The van der Waals surface area contributed by atoms with E-state index in [0.717, 1.165) is 23.2 Å². The van der Waals surface area contributed by atoms with E-state index < -0.39 is 0 Å². The first-order valence-corrected chi connectivity index (χ1v) is 8.11. The van der Waals surface area contributed by atoms with Crippen LogP contribution in [0.1, 0.15) is 36.1 Å². The Hall–Kier alpha value is -1.32. The van der Waals surface area contributed by atoms with E-state index in [1.165, 1.54) is 16.7 Å². The summed E-state index contributed by atoms with van der Waals surface area (Å²) in [4.78, 5) is 0. The minimum absolute atomic E-state index is 0.192. The van der Waals surface area contributed by atoms with E-state index in [1.54, 1.807) is 0 Å². The Kier molecular flexibility index (Phi) is 5.83. The van der Waals surface area contributed by atoms with Crippen LogP contribution in [0.5, 0.6) is 5.75 Å². The zero-order valence-electron chi connectivity index (χ0n) is 12.8. The molecule has 0 bridgehead atoms. The molecule has 0 heterocycles. The second-order valence-corrected chi connectivity index (χ2v) is 6.00. The van der Waals surface area contributed by atoms with Crippen LogP contribution in [-0.4, -0.2) is 13.7 Å². The van der Waals surface area contributed by atoms with Gasteiger partial charge in [-0.1, -0.05) is 47.1 Å². The van der Waals surface area contributed by atoms with Gasteiger partial charge in [-0.2, -0.15) is 0 Å². The van der Waals surface area contributed by atoms with Crippen molar-refractivity contribution in [1.29, 1.82) is 0 Å². The lowest BCUT2D eigenvalue weighted by atomic mass is 9.97. The van der Waals surface area contributed by atoms with E-state index in [2.05, 4.69) is 65.4 Å². The Balaban J connectivity index is 2.22. The number of aryl methyl sites for hydroxylation is 1. The van der Waals surface area contributed by atoms with E-state index in [-0.39, 0.29) is 6.04 Å². The lowest BCUT2D eigenvalue weighted by Gasteiger charge is -2.18. The summed E-state index contributed by atoms with van der Waals surface area (Å²) in [6.45, 7) is 4.99. The number of nitrogens with one attached hydrogen (secondary N) is 1. The van der Waals surface area contributed by atoms with Gasteiger partial charge in [0, 0.05) is 4.47 Å². The van der Waals surface area contributed by atoms with Crippen molar-refractivity contribution in [2.45, 2.75) is 26.3 Å². The summed E-state index contributed by atoms with van der Waals surface area (Å²) in [6.07, 6.45) is 1.03. The van der Waals surface area contributed by atoms with Crippen LogP contribution in [0, 0.1) is 6.92 Å². The SMILES string of the molecule is CCCOc1ccc(C(NC)c2ccc(Br)c(C)c2)cc1. The van der Waals surface area contributed by atoms with Crippen LogP contribution in [0.15, 0.2) is 46.9 Å². The van der Waals surface area contributed by atoms with E-state index in [1.807, 2.05) is 19.2 Å². The van der Waals surface area contributed by atoms with Crippen molar-refractivity contribution >= 4 is 15.9 Å². The van der Waals surface area contributed by atoms with E-state index in [9.17, 15) is 0 Å². The minimum atomic E-state index is 0.192. The molecule has 0 fully saturated rings. The number of rotatable bonds is 6. The highest BCUT2D eigenvalue weighted by Crippen LogP contribution is 2.27. The normalized spacial score (nSPS) is 12.2. The van der Waals surface area contributed by atoms with Crippen LogP contribution in [0.25, 0.3) is 0 Å². The molecule has 1 atom stereocenters. The fourth-order valence-corrected chi connectivity index (χ4v) is 2.60. The van der Waals surface area contributed by atoms with Crippen molar-refractivity contribution < 1.29 is 4.74 Å². The molecule has 1 N–H and O–H groups in total. The Bertz CT molecular complexity index is 580. The van der Waals surface area contributed by atoms with Crippen LogP contribution >= 0.6 is 15.9 Å². The molecule has 21 heavy (non-hydrogen) atoms. The zero-order valence-corrected chi connectivity index (χ0v) is 14.4. The molecule has 0 aliphatic rings. The van der Waals surface area contributed by atoms with Gasteiger partial charge in [0.25, 0.3) is 0 Å². The summed E-state index contributed by atoms with van der Waals surface area (Å²) in [6, 6.07) is 15.0.